The molecule has 0 saturated carbocycles. The Balaban J connectivity index is 3.18. The maximum Gasteiger partial charge on any atom is 0.349 e. The fourth-order valence-electron chi connectivity index (χ4n) is 1.46. The van der Waals surface area contributed by atoms with Gasteiger partial charge in [-0.1, -0.05) is 20.8 Å². The highest BCUT2D eigenvalue weighted by molar-refractivity contribution is 6.74. The van der Waals surface area contributed by atoms with E-state index in [1.807, 2.05) is 39.9 Å². The summed E-state index contributed by atoms with van der Waals surface area (Å²) >= 11 is 0. The van der Waals surface area contributed by atoms with E-state index in [9.17, 15) is 15.4 Å². The van der Waals surface area contributed by atoms with Crippen LogP contribution < -0.4 is 0 Å². The Labute approximate surface area is 119 Å². The van der Waals surface area contributed by atoms with Gasteiger partial charge in [0, 0.05) is 0 Å². The van der Waals surface area contributed by atoms with Gasteiger partial charge in [0.15, 0.2) is 26.4 Å². The van der Waals surface area contributed by atoms with Crippen molar-refractivity contribution in [1.82, 2.24) is 9.55 Å². The largest absolute Gasteiger partial charge is 0.397 e. The smallest absolute Gasteiger partial charge is 0.349 e. The highest BCUT2D eigenvalue weighted by Gasteiger charge is 2.41. The van der Waals surface area contributed by atoms with Gasteiger partial charge in [-0.3, -0.25) is 0 Å². The molecule has 0 spiro atoms. The van der Waals surface area contributed by atoms with Crippen LogP contribution in [-0.4, -0.2) is 22.8 Å². The van der Waals surface area contributed by atoms with Gasteiger partial charge in [-0.25, -0.2) is 9.55 Å². The third-order valence-electron chi connectivity index (χ3n) is 3.69. The summed E-state index contributed by atoms with van der Waals surface area (Å²) in [6.45, 7) is 10.1. The summed E-state index contributed by atoms with van der Waals surface area (Å²) in [7, 11) is -0.691. The number of imidazole rings is 1. The summed E-state index contributed by atoms with van der Waals surface area (Å²) in [5, 5.41) is 20.3. The van der Waals surface area contributed by atoms with Crippen LogP contribution in [-0.2, 0) is 11.5 Å². The van der Waals surface area contributed by atoms with Gasteiger partial charge < -0.3 is 14.5 Å². The fraction of sp³-hybridized carbons (Fsp3) is 0.667. The Bertz CT molecular complexity index is 554. The molecule has 1 aromatic heterocycles. The molecule has 0 aliphatic carbocycles. The fourth-order valence-corrected chi connectivity index (χ4v) is 2.57. The standard InChI is InChI=1S/C12H20N4O3Si/c1-12(2,3)20(5,6)19-9(7-13)10-11(16(17)18)15(4)8-14-10/h8-9H,1-6H3. The van der Waals surface area contributed by atoms with Crippen molar-refractivity contribution in [1.29, 1.82) is 5.26 Å². The van der Waals surface area contributed by atoms with E-state index in [-0.39, 0.29) is 16.6 Å². The molecule has 0 fully saturated rings. The normalized spacial score (nSPS) is 13.8. The second-order valence-electron chi connectivity index (χ2n) is 6.21. The first-order chi connectivity index (χ1) is 9.01. The number of nitriles is 1. The van der Waals surface area contributed by atoms with Crippen molar-refractivity contribution in [2.45, 2.75) is 45.0 Å². The quantitative estimate of drug-likeness (QED) is 0.483. The van der Waals surface area contributed by atoms with E-state index in [1.165, 1.54) is 17.9 Å². The number of rotatable bonds is 4. The molecule has 0 aromatic carbocycles. The van der Waals surface area contributed by atoms with Gasteiger partial charge in [0.05, 0.1) is 7.05 Å². The summed E-state index contributed by atoms with van der Waals surface area (Å²) in [6.07, 6.45) is 0.310. The summed E-state index contributed by atoms with van der Waals surface area (Å²) in [5.74, 6) is -0.199. The molecule has 7 nitrogen and oxygen atoms in total. The van der Waals surface area contributed by atoms with Crippen LogP contribution in [0.2, 0.25) is 18.1 Å². The Morgan fingerprint density at radius 1 is 1.55 bits per heavy atom. The molecule has 20 heavy (non-hydrogen) atoms. The van der Waals surface area contributed by atoms with Crippen molar-refractivity contribution >= 4 is 14.1 Å². The lowest BCUT2D eigenvalue weighted by molar-refractivity contribution is -0.392. The van der Waals surface area contributed by atoms with Crippen molar-refractivity contribution in [3.63, 3.8) is 0 Å². The summed E-state index contributed by atoms with van der Waals surface area (Å²) in [5.41, 5.74) is 0.0739. The molecular weight excluding hydrogens is 276 g/mol. The minimum atomic E-state index is -2.21. The van der Waals surface area contributed by atoms with Gasteiger partial charge in [0.2, 0.25) is 0 Å². The van der Waals surface area contributed by atoms with Crippen LogP contribution in [0.5, 0.6) is 0 Å². The lowest BCUT2D eigenvalue weighted by Gasteiger charge is -2.37. The van der Waals surface area contributed by atoms with Crippen LogP contribution in [0.25, 0.3) is 0 Å². The van der Waals surface area contributed by atoms with Gasteiger partial charge in [-0.05, 0) is 23.1 Å². The monoisotopic (exact) mass is 296 g/mol. The van der Waals surface area contributed by atoms with Gasteiger partial charge in [-0.2, -0.15) is 5.26 Å². The van der Waals surface area contributed by atoms with Gasteiger partial charge in [0.25, 0.3) is 0 Å². The van der Waals surface area contributed by atoms with E-state index in [2.05, 4.69) is 4.98 Å². The number of nitro groups is 1. The Morgan fingerprint density at radius 3 is 2.50 bits per heavy atom. The molecule has 0 amide bonds. The van der Waals surface area contributed by atoms with E-state index < -0.39 is 19.3 Å². The average molecular weight is 296 g/mol. The summed E-state index contributed by atoms with van der Waals surface area (Å²) in [6, 6.07) is 1.99. The average Bonchev–Trinajstić information content (AvgIpc) is 2.66. The van der Waals surface area contributed by atoms with E-state index in [1.54, 1.807) is 0 Å². The molecule has 0 bridgehead atoms. The van der Waals surface area contributed by atoms with Crippen molar-refractivity contribution in [3.8, 4) is 6.07 Å². The Hall–Kier alpha value is -1.72. The molecule has 110 valence electrons. The number of nitrogens with zero attached hydrogens (tertiary/aromatic N) is 4. The highest BCUT2D eigenvalue weighted by atomic mass is 28.4. The second-order valence-corrected chi connectivity index (χ2v) is 11.0. The molecule has 1 unspecified atom stereocenters. The van der Waals surface area contributed by atoms with Gasteiger partial charge in [-0.15, -0.1) is 0 Å². The maximum atomic E-state index is 11.1. The molecule has 1 rings (SSSR count). The molecule has 1 atom stereocenters. The SMILES string of the molecule is Cn1cnc(C(C#N)O[Si](C)(C)C(C)(C)C)c1[N+](=O)[O-]. The third-order valence-corrected chi connectivity index (χ3v) is 8.13. The zero-order chi connectivity index (χ0) is 15.7. The molecular formula is C12H20N4O3Si. The van der Waals surface area contributed by atoms with E-state index >= 15 is 0 Å². The van der Waals surface area contributed by atoms with Crippen molar-refractivity contribution in [2.75, 3.05) is 0 Å². The van der Waals surface area contributed by atoms with Crippen LogP contribution in [0.3, 0.4) is 0 Å². The second kappa shape index (κ2) is 5.34. The highest BCUT2D eigenvalue weighted by Crippen LogP contribution is 2.40. The topological polar surface area (TPSA) is 94.0 Å². The van der Waals surface area contributed by atoms with E-state index in [0.717, 1.165) is 0 Å². The van der Waals surface area contributed by atoms with Crippen molar-refractivity contribution < 1.29 is 9.35 Å². The van der Waals surface area contributed by atoms with Gasteiger partial charge in [0.1, 0.15) is 6.07 Å². The summed E-state index contributed by atoms with van der Waals surface area (Å²) in [4.78, 5) is 14.5. The number of aryl methyl sites for hydroxylation is 1. The zero-order valence-electron chi connectivity index (χ0n) is 12.7. The lowest BCUT2D eigenvalue weighted by Crippen LogP contribution is -2.41. The number of hydrogen-bond acceptors (Lipinski definition) is 5. The molecule has 1 heterocycles. The molecule has 1 aromatic rings. The molecule has 0 aliphatic heterocycles. The summed E-state index contributed by atoms with van der Waals surface area (Å²) < 4.78 is 7.23. The van der Waals surface area contributed by atoms with Gasteiger partial charge >= 0.3 is 5.82 Å². The van der Waals surface area contributed by atoms with Crippen molar-refractivity contribution in [3.05, 3.63) is 22.1 Å². The van der Waals surface area contributed by atoms with E-state index in [0.29, 0.717) is 0 Å². The predicted octanol–water partition coefficient (Wildman–Crippen LogP) is 2.91. The maximum absolute atomic E-state index is 11.1. The Morgan fingerprint density at radius 2 is 2.10 bits per heavy atom. The van der Waals surface area contributed by atoms with Crippen LogP contribution >= 0.6 is 0 Å². The minimum absolute atomic E-state index is 0.0739. The number of hydrogen-bond donors (Lipinski definition) is 0. The first-order valence-corrected chi connectivity index (χ1v) is 9.15. The molecule has 0 radical (unpaired) electrons. The van der Waals surface area contributed by atoms with Crippen LogP contribution in [0, 0.1) is 21.4 Å². The Kier molecular flexibility index (Phi) is 4.36. The molecule has 0 N–H and O–H groups in total. The predicted molar refractivity (Wildman–Crippen MR) is 76.5 cm³/mol. The third kappa shape index (κ3) is 3.05. The zero-order valence-corrected chi connectivity index (χ0v) is 13.7. The van der Waals surface area contributed by atoms with Crippen molar-refractivity contribution in [2.24, 2.45) is 7.05 Å². The molecule has 8 heteroatoms. The van der Waals surface area contributed by atoms with E-state index in [4.69, 9.17) is 4.43 Å². The van der Waals surface area contributed by atoms with Crippen LogP contribution in [0.4, 0.5) is 5.82 Å². The first-order valence-electron chi connectivity index (χ1n) is 6.24. The van der Waals surface area contributed by atoms with Crippen LogP contribution in [0.1, 0.15) is 32.6 Å². The first kappa shape index (κ1) is 16.3. The molecule has 0 aliphatic rings. The number of aromatic nitrogens is 2. The molecule has 0 saturated heterocycles. The van der Waals surface area contributed by atoms with Crippen LogP contribution in [0.15, 0.2) is 6.33 Å². The lowest BCUT2D eigenvalue weighted by atomic mass is 10.2. The minimum Gasteiger partial charge on any atom is -0.397 e.